The van der Waals surface area contributed by atoms with Crippen LogP contribution in [0.1, 0.15) is 17.2 Å². The third kappa shape index (κ3) is 6.37. The molecule has 1 N–H and O–H groups in total. The van der Waals surface area contributed by atoms with E-state index < -0.39 is 18.2 Å². The van der Waals surface area contributed by atoms with Crippen molar-refractivity contribution < 1.29 is 38.3 Å². The van der Waals surface area contributed by atoms with Crippen LogP contribution < -0.4 is 18.9 Å². The van der Waals surface area contributed by atoms with E-state index in [-0.39, 0.29) is 6.61 Å². The average molecular weight is 432 g/mol. The van der Waals surface area contributed by atoms with E-state index >= 15 is 0 Å². The molecule has 0 fully saturated rings. The van der Waals surface area contributed by atoms with Gasteiger partial charge >= 0.3 is 5.97 Å². The van der Waals surface area contributed by atoms with Gasteiger partial charge in [0.2, 0.25) is 0 Å². The van der Waals surface area contributed by atoms with Gasteiger partial charge in [-0.25, -0.2) is 4.79 Å². The summed E-state index contributed by atoms with van der Waals surface area (Å²) in [7, 11) is 7.41. The number of hydrogen-bond acceptors (Lipinski definition) is 8. The molecule has 0 amide bonds. The fraction of sp³-hybridized carbons (Fsp3) is 0.348. The van der Waals surface area contributed by atoms with Crippen LogP contribution in [-0.2, 0) is 14.3 Å². The van der Waals surface area contributed by atoms with Crippen molar-refractivity contribution in [3.63, 3.8) is 0 Å². The third-order valence-electron chi connectivity index (χ3n) is 4.51. The molecule has 0 aliphatic heterocycles. The second-order valence-electron chi connectivity index (χ2n) is 6.44. The molecule has 8 heteroatoms. The molecular weight excluding hydrogens is 404 g/mol. The second kappa shape index (κ2) is 11.8. The molecule has 0 radical (unpaired) electrons. The molecule has 31 heavy (non-hydrogen) atoms. The second-order valence-corrected chi connectivity index (χ2v) is 6.44. The van der Waals surface area contributed by atoms with Gasteiger partial charge in [0.25, 0.3) is 0 Å². The van der Waals surface area contributed by atoms with Crippen LogP contribution in [0.2, 0.25) is 0 Å². The summed E-state index contributed by atoms with van der Waals surface area (Å²) < 4.78 is 31.9. The van der Waals surface area contributed by atoms with Gasteiger partial charge in [0.15, 0.2) is 29.1 Å². The number of aliphatic hydroxyl groups excluding tert-OH is 1. The highest BCUT2D eigenvalue weighted by molar-refractivity contribution is 5.87. The van der Waals surface area contributed by atoms with E-state index in [1.165, 1.54) is 34.5 Å². The van der Waals surface area contributed by atoms with Crippen molar-refractivity contribution in [2.45, 2.75) is 12.2 Å². The Morgan fingerprint density at radius 2 is 1.55 bits per heavy atom. The molecule has 2 rings (SSSR count). The maximum atomic E-state index is 11.3. The van der Waals surface area contributed by atoms with Gasteiger partial charge in [-0.05, 0) is 41.5 Å². The smallest absolute Gasteiger partial charge is 0.330 e. The molecule has 0 spiro atoms. The summed E-state index contributed by atoms with van der Waals surface area (Å²) in [5.41, 5.74) is 1.30. The van der Waals surface area contributed by atoms with E-state index in [9.17, 15) is 9.90 Å². The lowest BCUT2D eigenvalue weighted by Gasteiger charge is -2.25. The van der Waals surface area contributed by atoms with Crippen LogP contribution >= 0.6 is 0 Å². The van der Waals surface area contributed by atoms with Gasteiger partial charge in [-0.1, -0.05) is 12.1 Å². The summed E-state index contributed by atoms with van der Waals surface area (Å²) >= 11 is 0. The van der Waals surface area contributed by atoms with Crippen molar-refractivity contribution in [3.05, 3.63) is 53.6 Å². The number of ether oxygens (including phenoxy) is 6. The molecule has 2 aromatic carbocycles. The Labute approximate surface area is 181 Å². The molecule has 0 bridgehead atoms. The lowest BCUT2D eigenvalue weighted by molar-refractivity contribution is -0.134. The molecular formula is C23H28O8. The highest BCUT2D eigenvalue weighted by Gasteiger charge is 2.25. The van der Waals surface area contributed by atoms with Crippen molar-refractivity contribution in [1.82, 2.24) is 0 Å². The normalized spacial score (nSPS) is 12.8. The maximum absolute atomic E-state index is 11.3. The first kappa shape index (κ1) is 24.0. The van der Waals surface area contributed by atoms with E-state index in [0.29, 0.717) is 28.6 Å². The predicted molar refractivity (Wildman–Crippen MR) is 115 cm³/mol. The first-order chi connectivity index (χ1) is 15.0. The molecule has 0 aliphatic carbocycles. The highest BCUT2D eigenvalue weighted by Crippen LogP contribution is 2.34. The van der Waals surface area contributed by atoms with E-state index in [1.807, 2.05) is 0 Å². The molecule has 0 aromatic heterocycles. The zero-order valence-electron chi connectivity index (χ0n) is 18.3. The van der Waals surface area contributed by atoms with Crippen LogP contribution in [-0.4, -0.2) is 59.3 Å². The number of aliphatic hydroxyl groups is 1. The first-order valence-electron chi connectivity index (χ1n) is 9.47. The van der Waals surface area contributed by atoms with E-state index in [1.54, 1.807) is 49.6 Å². The zero-order valence-corrected chi connectivity index (χ0v) is 18.3. The topological polar surface area (TPSA) is 92.7 Å². The Hall–Kier alpha value is -3.23. The zero-order chi connectivity index (χ0) is 22.8. The summed E-state index contributed by atoms with van der Waals surface area (Å²) in [6.07, 6.45) is 1.17. The minimum absolute atomic E-state index is 0.128. The van der Waals surface area contributed by atoms with Crippen molar-refractivity contribution in [2.24, 2.45) is 0 Å². The fourth-order valence-corrected chi connectivity index (χ4v) is 2.89. The van der Waals surface area contributed by atoms with Crippen molar-refractivity contribution >= 4 is 12.0 Å². The molecule has 2 aromatic rings. The Balaban J connectivity index is 2.27. The monoisotopic (exact) mass is 432 g/mol. The van der Waals surface area contributed by atoms with Crippen LogP contribution in [0.25, 0.3) is 6.08 Å². The number of hydrogen-bond donors (Lipinski definition) is 1. The Morgan fingerprint density at radius 3 is 2.16 bits per heavy atom. The summed E-state index contributed by atoms with van der Waals surface area (Å²) in [6.45, 7) is 0.128. The molecule has 0 saturated heterocycles. The Morgan fingerprint density at radius 1 is 0.903 bits per heavy atom. The number of rotatable bonds is 11. The van der Waals surface area contributed by atoms with Gasteiger partial charge in [-0.15, -0.1) is 0 Å². The summed E-state index contributed by atoms with van der Waals surface area (Å²) in [5, 5.41) is 10.9. The van der Waals surface area contributed by atoms with Gasteiger partial charge in [-0.2, -0.15) is 0 Å². The molecule has 168 valence electrons. The van der Waals surface area contributed by atoms with Gasteiger partial charge in [0.1, 0.15) is 6.10 Å². The average Bonchev–Trinajstić information content (AvgIpc) is 2.81. The number of carbonyl (C=O) groups excluding carboxylic acids is 1. The quantitative estimate of drug-likeness (QED) is 0.428. The summed E-state index contributed by atoms with van der Waals surface area (Å²) in [4.78, 5) is 11.3. The van der Waals surface area contributed by atoms with E-state index in [0.717, 1.165) is 5.56 Å². The van der Waals surface area contributed by atoms with Gasteiger partial charge < -0.3 is 33.5 Å². The van der Waals surface area contributed by atoms with Crippen LogP contribution in [0.15, 0.2) is 42.5 Å². The predicted octanol–water partition coefficient (Wildman–Crippen LogP) is 3.03. The molecule has 2 atom stereocenters. The SMILES string of the molecule is COC[C@@H](Oc1ccc(/C=C/C(=O)OC)cc1OC)C(O)c1ccc(OC)c(OC)c1. The van der Waals surface area contributed by atoms with Crippen LogP contribution in [0.5, 0.6) is 23.0 Å². The van der Waals surface area contributed by atoms with Gasteiger partial charge in [-0.3, -0.25) is 0 Å². The lowest BCUT2D eigenvalue weighted by atomic mass is 10.0. The standard InChI is InChI=1S/C23H28O8/c1-26-14-21(23(25)16-8-10-17(27-2)20(13-16)29-4)31-18-9-6-15(12-19(18)28-3)7-11-22(24)30-5/h6-13,21,23,25H,14H2,1-5H3/b11-7+/t21-,23?/m1/s1. The Bertz CT molecular complexity index is 893. The van der Waals surface area contributed by atoms with Crippen LogP contribution in [0.4, 0.5) is 0 Å². The third-order valence-corrected chi connectivity index (χ3v) is 4.51. The van der Waals surface area contributed by atoms with E-state index in [2.05, 4.69) is 4.74 Å². The van der Waals surface area contributed by atoms with Crippen molar-refractivity contribution in [2.75, 3.05) is 42.2 Å². The molecule has 1 unspecified atom stereocenters. The lowest BCUT2D eigenvalue weighted by Crippen LogP contribution is -2.30. The van der Waals surface area contributed by atoms with Crippen LogP contribution in [0.3, 0.4) is 0 Å². The van der Waals surface area contributed by atoms with Gasteiger partial charge in [0, 0.05) is 13.2 Å². The van der Waals surface area contributed by atoms with Crippen LogP contribution in [0, 0.1) is 0 Å². The van der Waals surface area contributed by atoms with Gasteiger partial charge in [0.05, 0.1) is 35.0 Å². The van der Waals surface area contributed by atoms with Crippen molar-refractivity contribution in [3.8, 4) is 23.0 Å². The minimum Gasteiger partial charge on any atom is -0.493 e. The number of carbonyl (C=O) groups is 1. The largest absolute Gasteiger partial charge is 0.493 e. The number of methoxy groups -OCH3 is 5. The fourth-order valence-electron chi connectivity index (χ4n) is 2.89. The summed E-state index contributed by atoms with van der Waals surface area (Å²) in [5.74, 6) is 1.44. The molecule has 8 nitrogen and oxygen atoms in total. The molecule has 0 aliphatic rings. The summed E-state index contributed by atoms with van der Waals surface area (Å²) in [6, 6.07) is 10.3. The molecule has 0 heterocycles. The Kier molecular flexibility index (Phi) is 9.17. The number of benzene rings is 2. The first-order valence-corrected chi connectivity index (χ1v) is 9.47. The maximum Gasteiger partial charge on any atom is 0.330 e. The van der Waals surface area contributed by atoms with Crippen molar-refractivity contribution in [1.29, 1.82) is 0 Å². The van der Waals surface area contributed by atoms with E-state index in [4.69, 9.17) is 23.7 Å². The molecule has 0 saturated carbocycles. The minimum atomic E-state index is -1.01. The number of esters is 1. The highest BCUT2D eigenvalue weighted by atomic mass is 16.6.